The monoisotopic (exact) mass is 432 g/mol. The van der Waals surface area contributed by atoms with Gasteiger partial charge in [0.1, 0.15) is 16.4 Å². The van der Waals surface area contributed by atoms with Gasteiger partial charge in [-0.2, -0.15) is 0 Å². The minimum absolute atomic E-state index is 0.128. The second kappa shape index (κ2) is 8.38. The fourth-order valence-corrected chi connectivity index (χ4v) is 3.70. The molecule has 0 saturated carbocycles. The number of thioether (sulfide) groups is 1. The number of aliphatic hydroxyl groups excluding tert-OH is 1. The minimum atomic E-state index is -0.782. The Morgan fingerprint density at radius 2 is 2.03 bits per heavy atom. The molecule has 0 radical (unpaired) electrons. The molecular weight excluding hydrogens is 420 g/mol. The quantitative estimate of drug-likeness (QED) is 0.405. The van der Waals surface area contributed by atoms with Gasteiger partial charge in [-0.3, -0.25) is 10.1 Å². The zero-order valence-electron chi connectivity index (χ0n) is 14.8. The molecule has 0 aliphatic carbocycles. The number of phenols is 1. The summed E-state index contributed by atoms with van der Waals surface area (Å²) in [6, 6.07) is 10.4. The Balaban J connectivity index is 2.07. The Kier molecular flexibility index (Phi) is 5.90. The molecule has 1 aliphatic heterocycles. The van der Waals surface area contributed by atoms with Gasteiger partial charge >= 0.3 is 11.7 Å². The van der Waals surface area contributed by atoms with E-state index in [1.54, 1.807) is 24.3 Å². The molecule has 8 nitrogen and oxygen atoms in total. The van der Waals surface area contributed by atoms with E-state index in [0.717, 1.165) is 17.8 Å². The van der Waals surface area contributed by atoms with Crippen LogP contribution in [0.4, 0.5) is 11.4 Å². The van der Waals surface area contributed by atoms with E-state index in [2.05, 4.69) is 4.99 Å². The first-order chi connectivity index (χ1) is 13.8. The summed E-state index contributed by atoms with van der Waals surface area (Å²) in [4.78, 5) is 27.1. The van der Waals surface area contributed by atoms with Crippen LogP contribution in [0.3, 0.4) is 0 Å². The van der Waals surface area contributed by atoms with Crippen LogP contribution in [0.5, 0.6) is 5.75 Å². The standard InChI is InChI=1S/C19H13ClN2O6S/c1-28-19(25)16-17(24)15(8-10-5-6-14(23)13(7-10)22(26)27)29-18(16)21-12-4-2-3-11(20)9-12/h2-9,23-24H,1H3/b15-8+,21-18?. The van der Waals surface area contributed by atoms with Crippen LogP contribution in [-0.4, -0.2) is 33.3 Å². The topological polar surface area (TPSA) is 122 Å². The Hall–Kier alpha value is -3.30. The molecule has 0 saturated heterocycles. The van der Waals surface area contributed by atoms with Crippen LogP contribution in [-0.2, 0) is 9.53 Å². The summed E-state index contributed by atoms with van der Waals surface area (Å²) in [6.07, 6.45) is 1.44. The number of aromatic hydroxyl groups is 1. The number of esters is 1. The van der Waals surface area contributed by atoms with Crippen molar-refractivity contribution in [1.29, 1.82) is 0 Å². The fourth-order valence-electron chi connectivity index (χ4n) is 2.48. The SMILES string of the molecule is COC(=O)C1=C(O)/C(=C\c2ccc(O)c([N+](=O)[O-])c2)SC1=Nc1cccc(Cl)c1. The van der Waals surface area contributed by atoms with Gasteiger partial charge in [-0.1, -0.05) is 35.5 Å². The molecule has 3 rings (SSSR count). The van der Waals surface area contributed by atoms with Gasteiger partial charge in [-0.05, 0) is 35.9 Å². The van der Waals surface area contributed by atoms with E-state index in [4.69, 9.17) is 16.3 Å². The first kappa shape index (κ1) is 20.4. The fraction of sp³-hybridized carbons (Fsp3) is 0.0526. The van der Waals surface area contributed by atoms with Gasteiger partial charge in [-0.25, -0.2) is 9.79 Å². The zero-order chi connectivity index (χ0) is 21.1. The van der Waals surface area contributed by atoms with E-state index >= 15 is 0 Å². The number of hydrogen-bond donors (Lipinski definition) is 2. The number of carbonyl (C=O) groups excluding carboxylic acids is 1. The molecule has 0 bridgehead atoms. The van der Waals surface area contributed by atoms with Gasteiger partial charge in [0.2, 0.25) is 0 Å². The molecule has 0 fully saturated rings. The molecule has 2 aromatic rings. The third-order valence-electron chi connectivity index (χ3n) is 3.81. The molecule has 148 valence electrons. The number of aliphatic imine (C=N–C) groups is 1. The van der Waals surface area contributed by atoms with Crippen LogP contribution in [0, 0.1) is 10.1 Å². The number of nitrogens with zero attached hydrogens (tertiary/aromatic N) is 2. The highest BCUT2D eigenvalue weighted by molar-refractivity contribution is 8.18. The predicted molar refractivity (Wildman–Crippen MR) is 111 cm³/mol. The van der Waals surface area contributed by atoms with E-state index in [1.165, 1.54) is 25.3 Å². The van der Waals surface area contributed by atoms with Crippen molar-refractivity contribution < 1.29 is 24.7 Å². The number of rotatable bonds is 4. The maximum atomic E-state index is 12.2. The van der Waals surface area contributed by atoms with Crippen LogP contribution in [0.25, 0.3) is 6.08 Å². The van der Waals surface area contributed by atoms with E-state index in [1.807, 2.05) is 0 Å². The Morgan fingerprint density at radius 1 is 1.28 bits per heavy atom. The lowest BCUT2D eigenvalue weighted by molar-refractivity contribution is -0.385. The number of aliphatic hydroxyl groups is 1. The van der Waals surface area contributed by atoms with E-state index in [9.17, 15) is 25.1 Å². The second-order valence-electron chi connectivity index (χ2n) is 5.73. The summed E-state index contributed by atoms with van der Waals surface area (Å²) in [6.45, 7) is 0. The number of halogens is 1. The summed E-state index contributed by atoms with van der Waals surface area (Å²) < 4.78 is 4.73. The highest BCUT2D eigenvalue weighted by Crippen LogP contribution is 2.41. The average molecular weight is 433 g/mol. The minimum Gasteiger partial charge on any atom is -0.506 e. The van der Waals surface area contributed by atoms with Crippen molar-refractivity contribution in [3.8, 4) is 5.75 Å². The highest BCUT2D eigenvalue weighted by Gasteiger charge is 2.33. The smallest absolute Gasteiger partial charge is 0.344 e. The third kappa shape index (κ3) is 4.41. The van der Waals surface area contributed by atoms with Crippen LogP contribution in [0.15, 0.2) is 63.7 Å². The molecular formula is C19H13ClN2O6S. The maximum absolute atomic E-state index is 12.2. The molecule has 29 heavy (non-hydrogen) atoms. The molecule has 0 amide bonds. The number of benzene rings is 2. The number of ether oxygens (including phenoxy) is 1. The Bertz CT molecular complexity index is 1110. The number of hydrogen-bond acceptors (Lipinski definition) is 8. The van der Waals surface area contributed by atoms with Crippen molar-refractivity contribution in [1.82, 2.24) is 0 Å². The van der Waals surface area contributed by atoms with Crippen LogP contribution >= 0.6 is 23.4 Å². The molecule has 1 heterocycles. The molecule has 2 aromatic carbocycles. The van der Waals surface area contributed by atoms with Crippen molar-refractivity contribution >= 4 is 51.8 Å². The number of carbonyl (C=O) groups is 1. The Morgan fingerprint density at radius 3 is 2.69 bits per heavy atom. The van der Waals surface area contributed by atoms with E-state index in [0.29, 0.717) is 16.3 Å². The van der Waals surface area contributed by atoms with Crippen LogP contribution < -0.4 is 0 Å². The molecule has 0 unspecified atom stereocenters. The summed E-state index contributed by atoms with van der Waals surface area (Å²) in [7, 11) is 1.18. The number of phenolic OH excluding ortho intramolecular Hbond substituents is 1. The zero-order valence-corrected chi connectivity index (χ0v) is 16.4. The van der Waals surface area contributed by atoms with E-state index < -0.39 is 22.3 Å². The van der Waals surface area contributed by atoms with Crippen molar-refractivity contribution in [3.05, 3.63) is 79.4 Å². The van der Waals surface area contributed by atoms with Crippen molar-refractivity contribution in [2.45, 2.75) is 0 Å². The van der Waals surface area contributed by atoms with Crippen molar-refractivity contribution in [3.63, 3.8) is 0 Å². The molecule has 0 atom stereocenters. The number of methoxy groups -OCH3 is 1. The molecule has 0 spiro atoms. The molecule has 1 aliphatic rings. The van der Waals surface area contributed by atoms with Crippen molar-refractivity contribution in [2.24, 2.45) is 4.99 Å². The largest absolute Gasteiger partial charge is 0.506 e. The summed E-state index contributed by atoms with van der Waals surface area (Å²) in [5.74, 6) is -1.62. The summed E-state index contributed by atoms with van der Waals surface area (Å²) in [5, 5.41) is 31.8. The van der Waals surface area contributed by atoms with Crippen molar-refractivity contribution in [2.75, 3.05) is 7.11 Å². The first-order valence-electron chi connectivity index (χ1n) is 8.03. The molecule has 10 heteroatoms. The average Bonchev–Trinajstić information content (AvgIpc) is 2.97. The normalized spacial score (nSPS) is 16.5. The summed E-state index contributed by atoms with van der Waals surface area (Å²) >= 11 is 6.95. The van der Waals surface area contributed by atoms with Crippen LogP contribution in [0.1, 0.15) is 5.56 Å². The lowest BCUT2D eigenvalue weighted by Crippen LogP contribution is -2.10. The van der Waals surface area contributed by atoms with Gasteiger partial charge in [0.15, 0.2) is 5.75 Å². The predicted octanol–water partition coefficient (Wildman–Crippen LogP) is 4.76. The molecule has 0 aromatic heterocycles. The first-order valence-corrected chi connectivity index (χ1v) is 9.23. The second-order valence-corrected chi connectivity index (χ2v) is 7.20. The Labute approximate surface area is 173 Å². The van der Waals surface area contributed by atoms with Gasteiger partial charge < -0.3 is 14.9 Å². The number of nitro groups is 1. The van der Waals surface area contributed by atoms with Gasteiger partial charge in [0, 0.05) is 11.1 Å². The molecule has 2 N–H and O–H groups in total. The maximum Gasteiger partial charge on any atom is 0.344 e. The van der Waals surface area contributed by atoms with Gasteiger partial charge in [0.25, 0.3) is 0 Å². The van der Waals surface area contributed by atoms with Crippen LogP contribution in [0.2, 0.25) is 5.02 Å². The highest BCUT2D eigenvalue weighted by atomic mass is 35.5. The van der Waals surface area contributed by atoms with Gasteiger partial charge in [-0.15, -0.1) is 0 Å². The third-order valence-corrected chi connectivity index (χ3v) is 5.07. The van der Waals surface area contributed by atoms with E-state index in [-0.39, 0.29) is 21.3 Å². The summed E-state index contributed by atoms with van der Waals surface area (Å²) in [5.41, 5.74) is 0.205. The van der Waals surface area contributed by atoms with Gasteiger partial charge in [0.05, 0.1) is 22.6 Å². The lowest BCUT2D eigenvalue weighted by atomic mass is 10.1. The lowest BCUT2D eigenvalue weighted by Gasteiger charge is -2.02. The number of nitro benzene ring substituents is 1.